The highest BCUT2D eigenvalue weighted by atomic mass is 15.3. The molecule has 1 aliphatic rings. The lowest BCUT2D eigenvalue weighted by Crippen LogP contribution is -2.47. The number of benzene rings is 1. The van der Waals surface area contributed by atoms with E-state index in [0.29, 0.717) is 0 Å². The molecule has 4 rings (SSSR count). The zero-order valence-electron chi connectivity index (χ0n) is 14.5. The van der Waals surface area contributed by atoms with Gasteiger partial charge in [-0.05, 0) is 26.0 Å². The molecular weight excluding hydrogens is 298 g/mol. The predicted octanol–water partition coefficient (Wildman–Crippen LogP) is 2.91. The highest BCUT2D eigenvalue weighted by Crippen LogP contribution is 2.30. The molecule has 1 aliphatic heterocycles. The molecule has 5 heteroatoms. The molecule has 1 fully saturated rings. The third-order valence-electron chi connectivity index (χ3n) is 5.08. The Labute approximate surface area is 142 Å². The number of para-hydroxylation sites is 1. The van der Waals surface area contributed by atoms with Gasteiger partial charge < -0.3 is 14.4 Å². The van der Waals surface area contributed by atoms with E-state index in [1.165, 1.54) is 22.2 Å². The topological polar surface area (TPSA) is 37.2 Å². The van der Waals surface area contributed by atoms with Gasteiger partial charge in [0.15, 0.2) is 5.82 Å². The molecule has 124 valence electrons. The Kier molecular flexibility index (Phi) is 3.63. The summed E-state index contributed by atoms with van der Waals surface area (Å²) in [7, 11) is 2.09. The first-order valence-corrected chi connectivity index (χ1v) is 8.49. The number of nitrogens with zero attached hydrogens (tertiary/aromatic N) is 5. The van der Waals surface area contributed by atoms with E-state index in [-0.39, 0.29) is 0 Å². The third kappa shape index (κ3) is 2.40. The fourth-order valence-electron chi connectivity index (χ4n) is 3.63. The first-order valence-electron chi connectivity index (χ1n) is 8.49. The summed E-state index contributed by atoms with van der Waals surface area (Å²) in [6, 6.07) is 10.6. The normalized spacial score (nSPS) is 15.3. The maximum atomic E-state index is 4.53. The van der Waals surface area contributed by atoms with Gasteiger partial charge in [-0.2, -0.15) is 5.10 Å². The van der Waals surface area contributed by atoms with Crippen molar-refractivity contribution in [1.82, 2.24) is 14.8 Å². The standard InChI is InChI=1S/C19H23N5/c1-14-18-15(2)22(3)13-17(18)19(21-20-14)24-11-9-23(10-12-24)16-7-5-4-6-8-16/h4-8,13H,9-12H2,1-3H3. The summed E-state index contributed by atoms with van der Waals surface area (Å²) < 4.78 is 2.17. The van der Waals surface area contributed by atoms with Gasteiger partial charge in [-0.3, -0.25) is 0 Å². The lowest BCUT2D eigenvalue weighted by Gasteiger charge is -2.36. The van der Waals surface area contributed by atoms with Crippen LogP contribution in [0.3, 0.4) is 0 Å². The molecule has 24 heavy (non-hydrogen) atoms. The van der Waals surface area contributed by atoms with Crippen molar-refractivity contribution in [3.63, 3.8) is 0 Å². The van der Waals surface area contributed by atoms with Crippen LogP contribution >= 0.6 is 0 Å². The fourth-order valence-corrected chi connectivity index (χ4v) is 3.63. The van der Waals surface area contributed by atoms with Crippen LogP contribution in [0.2, 0.25) is 0 Å². The molecule has 0 bridgehead atoms. The maximum absolute atomic E-state index is 4.53. The highest BCUT2D eigenvalue weighted by Gasteiger charge is 2.22. The smallest absolute Gasteiger partial charge is 0.160 e. The fraction of sp³-hybridized carbons (Fsp3) is 0.368. The van der Waals surface area contributed by atoms with Gasteiger partial charge in [0.25, 0.3) is 0 Å². The van der Waals surface area contributed by atoms with E-state index in [9.17, 15) is 0 Å². The van der Waals surface area contributed by atoms with E-state index in [2.05, 4.69) is 75.1 Å². The largest absolute Gasteiger partial charge is 0.368 e. The molecule has 5 nitrogen and oxygen atoms in total. The number of anilines is 2. The van der Waals surface area contributed by atoms with Gasteiger partial charge >= 0.3 is 0 Å². The van der Waals surface area contributed by atoms with E-state index in [1.54, 1.807) is 0 Å². The van der Waals surface area contributed by atoms with Crippen molar-refractivity contribution in [2.24, 2.45) is 7.05 Å². The number of rotatable bonds is 2. The highest BCUT2D eigenvalue weighted by molar-refractivity contribution is 5.95. The SMILES string of the molecule is Cc1nnc(N2CCN(c3ccccc3)CC2)c2cn(C)c(C)c12. The number of aryl methyl sites for hydroxylation is 3. The molecule has 0 amide bonds. The predicted molar refractivity (Wildman–Crippen MR) is 98.9 cm³/mol. The molecular formula is C19H23N5. The number of aromatic nitrogens is 3. The molecule has 0 unspecified atom stereocenters. The molecule has 3 heterocycles. The summed E-state index contributed by atoms with van der Waals surface area (Å²) in [6.45, 7) is 8.14. The quantitative estimate of drug-likeness (QED) is 0.727. The summed E-state index contributed by atoms with van der Waals surface area (Å²) in [4.78, 5) is 4.80. The third-order valence-corrected chi connectivity index (χ3v) is 5.08. The maximum Gasteiger partial charge on any atom is 0.160 e. The molecule has 1 aromatic carbocycles. The molecule has 2 aromatic heterocycles. The Morgan fingerprint density at radius 1 is 0.875 bits per heavy atom. The van der Waals surface area contributed by atoms with Crippen LogP contribution in [-0.4, -0.2) is 40.9 Å². The monoisotopic (exact) mass is 321 g/mol. The lowest BCUT2D eigenvalue weighted by atomic mass is 10.1. The van der Waals surface area contributed by atoms with Crippen molar-refractivity contribution in [1.29, 1.82) is 0 Å². The van der Waals surface area contributed by atoms with Gasteiger partial charge in [-0.1, -0.05) is 18.2 Å². The molecule has 0 atom stereocenters. The van der Waals surface area contributed by atoms with E-state index in [0.717, 1.165) is 37.7 Å². The first-order chi connectivity index (χ1) is 11.6. The average molecular weight is 321 g/mol. The Morgan fingerprint density at radius 2 is 1.54 bits per heavy atom. The van der Waals surface area contributed by atoms with Gasteiger partial charge in [0.1, 0.15) is 0 Å². The number of hydrogen-bond acceptors (Lipinski definition) is 4. The minimum Gasteiger partial charge on any atom is -0.368 e. The molecule has 3 aromatic rings. The Bertz CT molecular complexity index is 860. The Morgan fingerprint density at radius 3 is 2.25 bits per heavy atom. The second kappa shape index (κ2) is 5.82. The minimum absolute atomic E-state index is 0.968. The van der Waals surface area contributed by atoms with Crippen LogP contribution in [0, 0.1) is 13.8 Å². The molecule has 0 saturated carbocycles. The second-order valence-corrected chi connectivity index (χ2v) is 6.53. The molecule has 0 aliphatic carbocycles. The molecule has 0 N–H and O–H groups in total. The summed E-state index contributed by atoms with van der Waals surface area (Å²) in [6.07, 6.45) is 2.19. The number of hydrogen-bond donors (Lipinski definition) is 0. The summed E-state index contributed by atoms with van der Waals surface area (Å²) in [5.74, 6) is 1.02. The second-order valence-electron chi connectivity index (χ2n) is 6.53. The number of piperazine rings is 1. The lowest BCUT2D eigenvalue weighted by molar-refractivity contribution is 0.645. The van der Waals surface area contributed by atoms with Gasteiger partial charge in [0, 0.05) is 61.6 Å². The van der Waals surface area contributed by atoms with Crippen LogP contribution in [0.4, 0.5) is 11.5 Å². The summed E-state index contributed by atoms with van der Waals surface area (Å²) in [5, 5.41) is 11.4. The van der Waals surface area contributed by atoms with Gasteiger partial charge in [0.2, 0.25) is 0 Å². The first kappa shape index (κ1) is 15.0. The van der Waals surface area contributed by atoms with Crippen LogP contribution < -0.4 is 9.80 Å². The van der Waals surface area contributed by atoms with Crippen LogP contribution in [0.1, 0.15) is 11.4 Å². The molecule has 0 radical (unpaired) electrons. The van der Waals surface area contributed by atoms with E-state index < -0.39 is 0 Å². The zero-order valence-corrected chi connectivity index (χ0v) is 14.5. The van der Waals surface area contributed by atoms with Crippen molar-refractivity contribution >= 4 is 22.3 Å². The minimum atomic E-state index is 0.968. The van der Waals surface area contributed by atoms with Crippen LogP contribution in [0.5, 0.6) is 0 Å². The molecule has 0 spiro atoms. The van der Waals surface area contributed by atoms with E-state index in [4.69, 9.17) is 0 Å². The van der Waals surface area contributed by atoms with Crippen molar-refractivity contribution in [3.05, 3.63) is 47.9 Å². The number of fused-ring (bicyclic) bond motifs is 1. The van der Waals surface area contributed by atoms with Gasteiger partial charge in [-0.15, -0.1) is 5.10 Å². The van der Waals surface area contributed by atoms with Crippen molar-refractivity contribution in [2.75, 3.05) is 36.0 Å². The van der Waals surface area contributed by atoms with Crippen molar-refractivity contribution in [2.45, 2.75) is 13.8 Å². The van der Waals surface area contributed by atoms with Crippen molar-refractivity contribution in [3.8, 4) is 0 Å². The Balaban J connectivity index is 1.61. The zero-order chi connectivity index (χ0) is 16.7. The average Bonchev–Trinajstić information content (AvgIpc) is 2.92. The Hall–Kier alpha value is -2.56. The van der Waals surface area contributed by atoms with Gasteiger partial charge in [0.05, 0.1) is 5.69 Å². The van der Waals surface area contributed by atoms with Crippen LogP contribution in [-0.2, 0) is 7.05 Å². The molecule has 1 saturated heterocycles. The summed E-state index contributed by atoms with van der Waals surface area (Å²) in [5.41, 5.74) is 3.56. The van der Waals surface area contributed by atoms with Gasteiger partial charge in [-0.25, -0.2) is 0 Å². The summed E-state index contributed by atoms with van der Waals surface area (Å²) >= 11 is 0. The van der Waals surface area contributed by atoms with Crippen LogP contribution in [0.25, 0.3) is 10.8 Å². The van der Waals surface area contributed by atoms with Crippen LogP contribution in [0.15, 0.2) is 36.5 Å². The van der Waals surface area contributed by atoms with E-state index >= 15 is 0 Å². The van der Waals surface area contributed by atoms with Crippen molar-refractivity contribution < 1.29 is 0 Å². The van der Waals surface area contributed by atoms with E-state index in [1.807, 2.05) is 6.92 Å².